The van der Waals surface area contributed by atoms with Crippen LogP contribution in [-0.4, -0.2) is 48.1 Å². The SMILES string of the molecule is CNC(=O)c1csc(COC(=O)N2C[C@H]3CC(Oc4ccc(Cl)cc4)C[C@H]3C2)n1. The van der Waals surface area contributed by atoms with E-state index in [2.05, 4.69) is 10.3 Å². The zero-order valence-electron chi connectivity index (χ0n) is 16.0. The van der Waals surface area contributed by atoms with Crippen LogP contribution in [0, 0.1) is 11.8 Å². The summed E-state index contributed by atoms with van der Waals surface area (Å²) in [5, 5.41) is 5.47. The topological polar surface area (TPSA) is 80.8 Å². The number of carbonyl (C=O) groups excluding carboxylic acids is 2. The monoisotopic (exact) mass is 435 g/mol. The summed E-state index contributed by atoms with van der Waals surface area (Å²) in [6.07, 6.45) is 1.70. The molecule has 2 aliphatic rings. The molecule has 1 saturated carbocycles. The van der Waals surface area contributed by atoms with Crippen LogP contribution in [0.5, 0.6) is 5.75 Å². The van der Waals surface area contributed by atoms with Crippen LogP contribution in [0.15, 0.2) is 29.6 Å². The van der Waals surface area contributed by atoms with Crippen molar-refractivity contribution in [1.82, 2.24) is 15.2 Å². The van der Waals surface area contributed by atoms with Gasteiger partial charge in [0.2, 0.25) is 0 Å². The minimum atomic E-state index is -0.328. The number of hydrogen-bond donors (Lipinski definition) is 1. The summed E-state index contributed by atoms with van der Waals surface area (Å²) < 4.78 is 11.5. The Bertz CT molecular complexity index is 874. The predicted octanol–water partition coefficient (Wildman–Crippen LogP) is 3.58. The minimum absolute atomic E-state index is 0.0780. The lowest BCUT2D eigenvalue weighted by atomic mass is 10.0. The molecule has 1 aliphatic carbocycles. The quantitative estimate of drug-likeness (QED) is 0.776. The number of halogens is 1. The summed E-state index contributed by atoms with van der Waals surface area (Å²) in [4.78, 5) is 29.9. The van der Waals surface area contributed by atoms with Crippen LogP contribution in [0.2, 0.25) is 5.02 Å². The van der Waals surface area contributed by atoms with Gasteiger partial charge in [0.05, 0.1) is 6.10 Å². The van der Waals surface area contributed by atoms with E-state index in [0.717, 1.165) is 18.6 Å². The number of nitrogens with one attached hydrogen (secondary N) is 1. The maximum Gasteiger partial charge on any atom is 0.410 e. The molecule has 2 aromatic rings. The van der Waals surface area contributed by atoms with Crippen molar-refractivity contribution < 1.29 is 19.1 Å². The third-order valence-corrected chi connectivity index (χ3v) is 6.49. The molecule has 1 N–H and O–H groups in total. The minimum Gasteiger partial charge on any atom is -0.490 e. The zero-order valence-corrected chi connectivity index (χ0v) is 17.5. The fraction of sp³-hybridized carbons (Fsp3) is 0.450. The number of carbonyl (C=O) groups is 2. The molecule has 0 bridgehead atoms. The highest BCUT2D eigenvalue weighted by Gasteiger charge is 2.43. The summed E-state index contributed by atoms with van der Waals surface area (Å²) in [6.45, 7) is 1.45. The third kappa shape index (κ3) is 4.64. The van der Waals surface area contributed by atoms with Crippen LogP contribution in [-0.2, 0) is 11.3 Å². The largest absolute Gasteiger partial charge is 0.490 e. The van der Waals surface area contributed by atoms with E-state index in [-0.39, 0.29) is 24.7 Å². The number of ether oxygens (including phenoxy) is 2. The van der Waals surface area contributed by atoms with E-state index in [4.69, 9.17) is 21.1 Å². The highest BCUT2D eigenvalue weighted by atomic mass is 35.5. The van der Waals surface area contributed by atoms with Gasteiger partial charge in [-0.1, -0.05) is 11.6 Å². The molecular formula is C20H22ClN3O4S. The van der Waals surface area contributed by atoms with Gasteiger partial charge in [0.1, 0.15) is 23.1 Å². The van der Waals surface area contributed by atoms with E-state index >= 15 is 0 Å². The van der Waals surface area contributed by atoms with E-state index in [1.54, 1.807) is 17.3 Å². The van der Waals surface area contributed by atoms with Crippen molar-refractivity contribution in [3.05, 3.63) is 45.4 Å². The first-order chi connectivity index (χ1) is 14.0. The summed E-state index contributed by atoms with van der Waals surface area (Å²) in [7, 11) is 1.55. The molecule has 0 spiro atoms. The Hall–Kier alpha value is -2.32. The summed E-state index contributed by atoms with van der Waals surface area (Å²) >= 11 is 7.22. The van der Waals surface area contributed by atoms with Crippen molar-refractivity contribution in [2.45, 2.75) is 25.6 Å². The van der Waals surface area contributed by atoms with E-state index < -0.39 is 0 Å². The molecule has 4 rings (SSSR count). The van der Waals surface area contributed by atoms with Crippen LogP contribution in [0.1, 0.15) is 28.3 Å². The number of nitrogens with zero attached hydrogens (tertiary/aromatic N) is 2. The molecule has 1 aliphatic heterocycles. The van der Waals surface area contributed by atoms with Crippen LogP contribution in [0.3, 0.4) is 0 Å². The molecule has 9 heteroatoms. The number of aromatic nitrogens is 1. The van der Waals surface area contributed by atoms with Crippen molar-refractivity contribution in [2.75, 3.05) is 20.1 Å². The van der Waals surface area contributed by atoms with Crippen LogP contribution >= 0.6 is 22.9 Å². The fourth-order valence-electron chi connectivity index (χ4n) is 4.02. The lowest BCUT2D eigenvalue weighted by molar-refractivity contribution is 0.0956. The van der Waals surface area contributed by atoms with E-state index in [1.165, 1.54) is 11.3 Å². The van der Waals surface area contributed by atoms with Gasteiger partial charge in [-0.3, -0.25) is 4.79 Å². The molecule has 2 fully saturated rings. The van der Waals surface area contributed by atoms with Gasteiger partial charge in [0, 0.05) is 30.5 Å². The highest BCUT2D eigenvalue weighted by molar-refractivity contribution is 7.09. The van der Waals surface area contributed by atoms with Crippen LogP contribution < -0.4 is 10.1 Å². The lowest BCUT2D eigenvalue weighted by Crippen LogP contribution is -2.31. The molecule has 1 saturated heterocycles. The van der Waals surface area contributed by atoms with Crippen LogP contribution in [0.4, 0.5) is 4.79 Å². The molecule has 1 aromatic carbocycles. The highest BCUT2D eigenvalue weighted by Crippen LogP contribution is 2.40. The second kappa shape index (κ2) is 8.59. The Morgan fingerprint density at radius 1 is 1.24 bits per heavy atom. The Labute approximate surface area is 178 Å². The van der Waals surface area contributed by atoms with Gasteiger partial charge in [0.25, 0.3) is 5.91 Å². The first kappa shape index (κ1) is 20.0. The molecule has 3 atom stereocenters. The van der Waals surface area contributed by atoms with Crippen molar-refractivity contribution >= 4 is 34.9 Å². The second-order valence-corrected chi connectivity index (χ2v) is 8.73. The van der Waals surface area contributed by atoms with Crippen LogP contribution in [0.25, 0.3) is 0 Å². The van der Waals surface area contributed by atoms with E-state index in [9.17, 15) is 9.59 Å². The van der Waals surface area contributed by atoms with Crippen molar-refractivity contribution in [3.8, 4) is 5.75 Å². The van der Waals surface area contributed by atoms with Gasteiger partial charge in [-0.15, -0.1) is 11.3 Å². The maximum atomic E-state index is 12.4. The van der Waals surface area contributed by atoms with Gasteiger partial charge in [-0.05, 0) is 48.9 Å². The molecule has 154 valence electrons. The van der Waals surface area contributed by atoms with Gasteiger partial charge in [0.15, 0.2) is 0 Å². The number of hydrogen-bond acceptors (Lipinski definition) is 6. The van der Waals surface area contributed by atoms with Gasteiger partial charge < -0.3 is 19.7 Å². The first-order valence-electron chi connectivity index (χ1n) is 9.52. The van der Waals surface area contributed by atoms with E-state index in [1.807, 2.05) is 24.3 Å². The van der Waals surface area contributed by atoms with Gasteiger partial charge in [-0.2, -0.15) is 0 Å². The molecule has 0 radical (unpaired) electrons. The number of likely N-dealkylation sites (tertiary alicyclic amines) is 1. The van der Waals surface area contributed by atoms with Gasteiger partial charge >= 0.3 is 6.09 Å². The summed E-state index contributed by atoms with van der Waals surface area (Å²) in [5.74, 6) is 1.44. The summed E-state index contributed by atoms with van der Waals surface area (Å²) in [6, 6.07) is 7.41. The Morgan fingerprint density at radius 2 is 1.93 bits per heavy atom. The zero-order chi connectivity index (χ0) is 20.4. The molecular weight excluding hydrogens is 414 g/mol. The molecule has 2 amide bonds. The fourth-order valence-corrected chi connectivity index (χ4v) is 4.83. The Kier molecular flexibility index (Phi) is 5.91. The number of benzene rings is 1. The normalized spacial score (nSPS) is 23.0. The molecule has 29 heavy (non-hydrogen) atoms. The second-order valence-electron chi connectivity index (χ2n) is 7.35. The maximum absolute atomic E-state index is 12.4. The smallest absolute Gasteiger partial charge is 0.410 e. The van der Waals surface area contributed by atoms with Crippen molar-refractivity contribution in [3.63, 3.8) is 0 Å². The molecule has 1 aromatic heterocycles. The average molecular weight is 436 g/mol. The van der Waals surface area contributed by atoms with E-state index in [0.29, 0.717) is 40.6 Å². The average Bonchev–Trinajstić information content (AvgIpc) is 3.42. The number of rotatable bonds is 5. The third-order valence-electron chi connectivity index (χ3n) is 5.41. The number of fused-ring (bicyclic) bond motifs is 1. The summed E-state index contributed by atoms with van der Waals surface area (Å²) in [5.41, 5.74) is 0.339. The molecule has 2 heterocycles. The molecule has 7 nitrogen and oxygen atoms in total. The molecule has 1 unspecified atom stereocenters. The number of thiazole rings is 1. The first-order valence-corrected chi connectivity index (χ1v) is 10.8. The Balaban J connectivity index is 1.23. The van der Waals surface area contributed by atoms with Crippen molar-refractivity contribution in [1.29, 1.82) is 0 Å². The Morgan fingerprint density at radius 3 is 2.59 bits per heavy atom. The van der Waals surface area contributed by atoms with Crippen molar-refractivity contribution in [2.24, 2.45) is 11.8 Å². The standard InChI is InChI=1S/C20H22ClN3O4S/c1-22-19(25)17-11-29-18(23-17)10-27-20(26)24-8-12-6-16(7-13(12)9-24)28-15-4-2-14(21)3-5-15/h2-5,11-13,16H,6-10H2,1H3,(H,22,25)/t12-,13+,16?. The predicted molar refractivity (Wildman–Crippen MR) is 109 cm³/mol. The number of amides is 2. The lowest BCUT2D eigenvalue weighted by Gasteiger charge is -2.19. The van der Waals surface area contributed by atoms with Gasteiger partial charge in [-0.25, -0.2) is 9.78 Å².